The van der Waals surface area contributed by atoms with Gasteiger partial charge >= 0.3 is 0 Å². The van der Waals surface area contributed by atoms with E-state index < -0.39 is 0 Å². The highest BCUT2D eigenvalue weighted by Crippen LogP contribution is 2.56. The summed E-state index contributed by atoms with van der Waals surface area (Å²) in [5, 5.41) is 0. The van der Waals surface area contributed by atoms with Crippen LogP contribution in [0.1, 0.15) is 46.0 Å². The highest BCUT2D eigenvalue weighted by molar-refractivity contribution is 4.99. The van der Waals surface area contributed by atoms with Crippen LogP contribution in [0.5, 0.6) is 0 Å². The quantitative estimate of drug-likeness (QED) is 0.508. The van der Waals surface area contributed by atoms with Crippen LogP contribution >= 0.6 is 0 Å². The molecule has 106 valence electrons. The van der Waals surface area contributed by atoms with Gasteiger partial charge in [0.1, 0.15) is 0 Å². The molecule has 0 aromatic rings. The lowest BCUT2D eigenvalue weighted by Crippen LogP contribution is -3.00. The molecular formula is C16H30IN. The summed E-state index contributed by atoms with van der Waals surface area (Å²) in [5.74, 6) is 5.21. The van der Waals surface area contributed by atoms with Crippen molar-refractivity contribution in [2.24, 2.45) is 29.6 Å². The Labute approximate surface area is 130 Å². The van der Waals surface area contributed by atoms with E-state index in [1.165, 1.54) is 11.0 Å². The topological polar surface area (TPSA) is 0 Å². The van der Waals surface area contributed by atoms with Gasteiger partial charge in [0, 0.05) is 17.8 Å². The van der Waals surface area contributed by atoms with Crippen molar-refractivity contribution >= 4 is 0 Å². The smallest absolute Gasteiger partial charge is 0.0943 e. The molecular weight excluding hydrogens is 333 g/mol. The van der Waals surface area contributed by atoms with Gasteiger partial charge < -0.3 is 28.5 Å². The number of quaternary nitrogens is 1. The van der Waals surface area contributed by atoms with E-state index in [1.54, 1.807) is 32.1 Å². The fraction of sp³-hybridized carbons (Fsp3) is 1.00. The molecule has 4 aliphatic carbocycles. The van der Waals surface area contributed by atoms with E-state index >= 15 is 0 Å². The van der Waals surface area contributed by atoms with Crippen molar-refractivity contribution in [3.8, 4) is 0 Å². The zero-order valence-corrected chi connectivity index (χ0v) is 14.7. The lowest BCUT2D eigenvalue weighted by molar-refractivity contribution is -0.928. The number of nitrogens with zero attached hydrogens (tertiary/aromatic N) is 1. The fourth-order valence-corrected chi connectivity index (χ4v) is 6.10. The molecule has 0 atom stereocenters. The second kappa shape index (κ2) is 5.23. The summed E-state index contributed by atoms with van der Waals surface area (Å²) in [4.78, 5) is 0. The van der Waals surface area contributed by atoms with Crippen LogP contribution in [0.3, 0.4) is 0 Å². The van der Waals surface area contributed by atoms with Crippen molar-refractivity contribution in [1.29, 1.82) is 0 Å². The highest BCUT2D eigenvalue weighted by Gasteiger charge is 2.54. The van der Waals surface area contributed by atoms with Crippen molar-refractivity contribution < 1.29 is 28.5 Å². The van der Waals surface area contributed by atoms with Crippen LogP contribution in [-0.4, -0.2) is 31.2 Å². The monoisotopic (exact) mass is 363 g/mol. The summed E-state index contributed by atoms with van der Waals surface area (Å²) in [6.45, 7) is 6.14. The Kier molecular flexibility index (Phi) is 4.38. The summed E-state index contributed by atoms with van der Waals surface area (Å²) in [6.07, 6.45) is 7.85. The number of halogens is 1. The Morgan fingerprint density at radius 1 is 0.889 bits per heavy atom. The van der Waals surface area contributed by atoms with Crippen LogP contribution < -0.4 is 24.0 Å². The van der Waals surface area contributed by atoms with Crippen molar-refractivity contribution in [2.75, 3.05) is 20.6 Å². The van der Waals surface area contributed by atoms with Gasteiger partial charge in [0.25, 0.3) is 0 Å². The Balaban J connectivity index is 0.00000120. The van der Waals surface area contributed by atoms with Crippen LogP contribution in [0.4, 0.5) is 0 Å². The van der Waals surface area contributed by atoms with Crippen molar-refractivity contribution in [2.45, 2.75) is 52.0 Å². The fourth-order valence-electron chi connectivity index (χ4n) is 6.10. The molecule has 2 heteroatoms. The minimum Gasteiger partial charge on any atom is -1.00 e. The molecule has 0 saturated heterocycles. The molecule has 4 saturated carbocycles. The lowest BCUT2D eigenvalue weighted by Gasteiger charge is -2.58. The maximum atomic E-state index is 2.51. The molecule has 0 spiro atoms. The summed E-state index contributed by atoms with van der Waals surface area (Å²) < 4.78 is 1.30. The number of hydrogen-bond acceptors (Lipinski definition) is 0. The second-order valence-corrected chi connectivity index (χ2v) is 8.28. The molecule has 4 rings (SSSR count). The molecule has 18 heavy (non-hydrogen) atoms. The molecule has 0 aromatic carbocycles. The van der Waals surface area contributed by atoms with Crippen LogP contribution in [0.15, 0.2) is 0 Å². The number of rotatable bonds is 3. The van der Waals surface area contributed by atoms with Gasteiger partial charge in [-0.15, -0.1) is 0 Å². The summed E-state index contributed by atoms with van der Waals surface area (Å²) in [6, 6.07) is 0.991. The number of hydrogen-bond donors (Lipinski definition) is 0. The van der Waals surface area contributed by atoms with Gasteiger partial charge in [-0.1, -0.05) is 13.8 Å². The minimum absolute atomic E-state index is 0. The van der Waals surface area contributed by atoms with Gasteiger partial charge in [-0.2, -0.15) is 0 Å². The molecule has 0 aromatic heterocycles. The first-order valence-electron chi connectivity index (χ1n) is 7.78. The molecule has 4 bridgehead atoms. The molecule has 4 aliphatic rings. The third kappa shape index (κ3) is 2.61. The van der Waals surface area contributed by atoms with Gasteiger partial charge in [-0.3, -0.25) is 0 Å². The van der Waals surface area contributed by atoms with E-state index in [0.717, 1.165) is 35.6 Å². The van der Waals surface area contributed by atoms with Crippen molar-refractivity contribution in [3.05, 3.63) is 0 Å². The van der Waals surface area contributed by atoms with E-state index in [9.17, 15) is 0 Å². The molecule has 4 fully saturated rings. The van der Waals surface area contributed by atoms with E-state index in [0.29, 0.717) is 0 Å². The predicted molar refractivity (Wildman–Crippen MR) is 72.6 cm³/mol. The summed E-state index contributed by atoms with van der Waals surface area (Å²) in [5.41, 5.74) is 0. The maximum absolute atomic E-state index is 2.51. The Morgan fingerprint density at radius 2 is 1.33 bits per heavy atom. The first-order valence-corrected chi connectivity index (χ1v) is 7.78. The molecule has 0 aliphatic heterocycles. The standard InChI is InChI=1S/C16H30N.HI/c1-11(2)10-17(3,4)16-14-6-12-5-13(8-14)9-15(16)7-12;/h11-16H,5-10H2,1-4H3;1H/q+1;/p-1. The molecule has 0 heterocycles. The van der Waals surface area contributed by atoms with Gasteiger partial charge in [0.2, 0.25) is 0 Å². The van der Waals surface area contributed by atoms with E-state index in [-0.39, 0.29) is 24.0 Å². The third-order valence-electron chi connectivity index (χ3n) is 5.82. The van der Waals surface area contributed by atoms with Gasteiger partial charge in [-0.25, -0.2) is 0 Å². The normalized spacial score (nSPS) is 42.2. The van der Waals surface area contributed by atoms with E-state index in [4.69, 9.17) is 0 Å². The van der Waals surface area contributed by atoms with Crippen LogP contribution in [0, 0.1) is 29.6 Å². The molecule has 0 amide bonds. The Morgan fingerprint density at radius 3 is 1.72 bits per heavy atom. The first-order chi connectivity index (χ1) is 7.95. The zero-order chi connectivity index (χ0) is 12.2. The maximum Gasteiger partial charge on any atom is 0.0943 e. The summed E-state index contributed by atoms with van der Waals surface area (Å²) in [7, 11) is 5.01. The average Bonchev–Trinajstić information content (AvgIpc) is 2.11. The third-order valence-corrected chi connectivity index (χ3v) is 5.82. The van der Waals surface area contributed by atoms with Gasteiger partial charge in [-0.05, 0) is 43.9 Å². The Hall–Kier alpha value is 0.690. The zero-order valence-electron chi connectivity index (χ0n) is 12.5. The van der Waals surface area contributed by atoms with Crippen molar-refractivity contribution in [1.82, 2.24) is 0 Å². The largest absolute Gasteiger partial charge is 1.00 e. The van der Waals surface area contributed by atoms with Crippen LogP contribution in [0.2, 0.25) is 0 Å². The average molecular weight is 363 g/mol. The van der Waals surface area contributed by atoms with Crippen LogP contribution in [0.25, 0.3) is 0 Å². The van der Waals surface area contributed by atoms with Crippen molar-refractivity contribution in [3.63, 3.8) is 0 Å². The lowest BCUT2D eigenvalue weighted by atomic mass is 9.53. The summed E-state index contributed by atoms with van der Waals surface area (Å²) >= 11 is 0. The second-order valence-electron chi connectivity index (χ2n) is 8.28. The molecule has 0 radical (unpaired) electrons. The van der Waals surface area contributed by atoms with Crippen LogP contribution in [-0.2, 0) is 0 Å². The SMILES string of the molecule is CC(C)C[N+](C)(C)C1C2CC3CC(C2)CC1C3.[I-]. The van der Waals surface area contributed by atoms with E-state index in [2.05, 4.69) is 27.9 Å². The molecule has 0 unspecified atom stereocenters. The van der Waals surface area contributed by atoms with Gasteiger partial charge in [0.15, 0.2) is 0 Å². The van der Waals surface area contributed by atoms with Gasteiger partial charge in [0.05, 0.1) is 26.7 Å². The molecule has 0 N–H and O–H groups in total. The molecule has 1 nitrogen and oxygen atoms in total. The first kappa shape index (κ1) is 15.1. The highest BCUT2D eigenvalue weighted by atomic mass is 127. The predicted octanol–water partition coefficient (Wildman–Crippen LogP) is 0.548. The van der Waals surface area contributed by atoms with E-state index in [1.807, 2.05) is 0 Å². The Bertz CT molecular complexity index is 269. The minimum atomic E-state index is 0.